The predicted molar refractivity (Wildman–Crippen MR) is 97.6 cm³/mol. The molecule has 0 aromatic heterocycles. The van der Waals surface area contributed by atoms with E-state index in [9.17, 15) is 10.1 Å². The highest BCUT2D eigenvalue weighted by molar-refractivity contribution is 6.10. The van der Waals surface area contributed by atoms with Gasteiger partial charge >= 0.3 is 0 Å². The fourth-order valence-corrected chi connectivity index (χ4v) is 2.29. The first-order valence-corrected chi connectivity index (χ1v) is 7.88. The number of nitriles is 1. The fraction of sp³-hybridized carbons (Fsp3) is 0.200. The Hall–Kier alpha value is -3.26. The highest BCUT2D eigenvalue weighted by Gasteiger charge is 2.13. The molecule has 0 aliphatic carbocycles. The molecule has 25 heavy (non-hydrogen) atoms. The number of carbonyl (C=O) groups is 1. The summed E-state index contributed by atoms with van der Waals surface area (Å²) in [6, 6.07) is 14.6. The Balaban J connectivity index is 2.26. The van der Waals surface area contributed by atoms with E-state index in [1.807, 2.05) is 38.1 Å². The van der Waals surface area contributed by atoms with Gasteiger partial charge in [0.15, 0.2) is 0 Å². The van der Waals surface area contributed by atoms with Crippen LogP contribution < -0.4 is 14.8 Å². The highest BCUT2D eigenvalue weighted by atomic mass is 16.5. The zero-order chi connectivity index (χ0) is 18.2. The molecule has 2 rings (SSSR count). The lowest BCUT2D eigenvalue weighted by atomic mass is 10.1. The maximum atomic E-state index is 12.4. The zero-order valence-electron chi connectivity index (χ0n) is 14.5. The summed E-state index contributed by atoms with van der Waals surface area (Å²) in [5.74, 6) is 0.733. The quantitative estimate of drug-likeness (QED) is 0.640. The Bertz CT molecular complexity index is 835. The maximum absolute atomic E-state index is 12.4. The molecule has 0 bridgehead atoms. The van der Waals surface area contributed by atoms with Crippen molar-refractivity contribution in [3.05, 3.63) is 59.2 Å². The number of anilines is 1. The standard InChI is InChI=1S/C20H20N2O3/c1-4-25-17-7-5-6-15(12-17)11-16(13-21)20(23)22-18-10-14(2)8-9-19(18)24-3/h5-12H,4H2,1-3H3,(H,22,23)/b16-11+. The molecule has 2 aromatic carbocycles. The molecular formula is C20H20N2O3. The summed E-state index contributed by atoms with van der Waals surface area (Å²) < 4.78 is 10.7. The Morgan fingerprint density at radius 2 is 2.08 bits per heavy atom. The molecule has 1 amide bonds. The predicted octanol–water partition coefficient (Wildman–Crippen LogP) is 3.95. The van der Waals surface area contributed by atoms with Gasteiger partial charge in [-0.15, -0.1) is 0 Å². The minimum absolute atomic E-state index is 0.00259. The van der Waals surface area contributed by atoms with Gasteiger partial charge < -0.3 is 14.8 Å². The monoisotopic (exact) mass is 336 g/mol. The number of benzene rings is 2. The second-order valence-corrected chi connectivity index (χ2v) is 5.33. The third kappa shape index (κ3) is 4.85. The molecule has 0 saturated carbocycles. The number of methoxy groups -OCH3 is 1. The van der Waals surface area contributed by atoms with Crippen LogP contribution in [0.2, 0.25) is 0 Å². The number of hydrogen-bond donors (Lipinski definition) is 1. The minimum atomic E-state index is -0.492. The van der Waals surface area contributed by atoms with E-state index in [0.29, 0.717) is 29.4 Å². The van der Waals surface area contributed by atoms with Gasteiger partial charge in [-0.25, -0.2) is 0 Å². The molecular weight excluding hydrogens is 316 g/mol. The van der Waals surface area contributed by atoms with Crippen molar-refractivity contribution in [2.75, 3.05) is 19.0 Å². The smallest absolute Gasteiger partial charge is 0.266 e. The first-order valence-electron chi connectivity index (χ1n) is 7.88. The van der Waals surface area contributed by atoms with Crippen molar-refractivity contribution in [2.24, 2.45) is 0 Å². The number of amides is 1. The summed E-state index contributed by atoms with van der Waals surface area (Å²) >= 11 is 0. The maximum Gasteiger partial charge on any atom is 0.266 e. The van der Waals surface area contributed by atoms with Crippen molar-refractivity contribution in [3.8, 4) is 17.6 Å². The van der Waals surface area contributed by atoms with E-state index < -0.39 is 5.91 Å². The zero-order valence-corrected chi connectivity index (χ0v) is 14.5. The molecule has 0 radical (unpaired) electrons. The molecule has 0 aliphatic heterocycles. The van der Waals surface area contributed by atoms with Gasteiger partial charge in [-0.2, -0.15) is 5.26 Å². The van der Waals surface area contributed by atoms with Crippen LogP contribution in [-0.4, -0.2) is 19.6 Å². The lowest BCUT2D eigenvalue weighted by Gasteiger charge is -2.10. The van der Waals surface area contributed by atoms with Crippen LogP contribution in [0.3, 0.4) is 0 Å². The molecule has 5 heteroatoms. The lowest BCUT2D eigenvalue weighted by molar-refractivity contribution is -0.112. The van der Waals surface area contributed by atoms with Crippen molar-refractivity contribution >= 4 is 17.7 Å². The van der Waals surface area contributed by atoms with E-state index in [1.54, 1.807) is 24.3 Å². The Morgan fingerprint density at radius 3 is 2.76 bits per heavy atom. The Labute approximate surface area is 147 Å². The second kappa shape index (κ2) is 8.55. The van der Waals surface area contributed by atoms with E-state index >= 15 is 0 Å². The van der Waals surface area contributed by atoms with Crippen LogP contribution in [-0.2, 0) is 4.79 Å². The Morgan fingerprint density at radius 1 is 1.28 bits per heavy atom. The molecule has 2 aromatic rings. The summed E-state index contributed by atoms with van der Waals surface area (Å²) in [7, 11) is 1.53. The highest BCUT2D eigenvalue weighted by Crippen LogP contribution is 2.26. The third-order valence-electron chi connectivity index (χ3n) is 3.45. The second-order valence-electron chi connectivity index (χ2n) is 5.33. The van der Waals surface area contributed by atoms with Crippen molar-refractivity contribution in [1.29, 1.82) is 5.26 Å². The summed E-state index contributed by atoms with van der Waals surface area (Å²) in [5.41, 5.74) is 2.21. The molecule has 1 N–H and O–H groups in total. The van der Waals surface area contributed by atoms with Crippen molar-refractivity contribution < 1.29 is 14.3 Å². The summed E-state index contributed by atoms with van der Waals surface area (Å²) in [6.45, 7) is 4.35. The number of ether oxygens (including phenoxy) is 2. The van der Waals surface area contributed by atoms with Crippen LogP contribution in [0.4, 0.5) is 5.69 Å². The fourth-order valence-electron chi connectivity index (χ4n) is 2.29. The van der Waals surface area contributed by atoms with Crippen LogP contribution in [0.15, 0.2) is 48.0 Å². The molecule has 0 heterocycles. The van der Waals surface area contributed by atoms with Gasteiger partial charge in [-0.3, -0.25) is 4.79 Å². The van der Waals surface area contributed by atoms with E-state index in [2.05, 4.69) is 5.32 Å². The molecule has 0 spiro atoms. The van der Waals surface area contributed by atoms with Crippen molar-refractivity contribution in [2.45, 2.75) is 13.8 Å². The van der Waals surface area contributed by atoms with Gasteiger partial charge in [0.25, 0.3) is 5.91 Å². The molecule has 0 atom stereocenters. The van der Waals surface area contributed by atoms with E-state index in [4.69, 9.17) is 9.47 Å². The first-order chi connectivity index (χ1) is 12.1. The molecule has 128 valence electrons. The molecule has 0 saturated heterocycles. The molecule has 5 nitrogen and oxygen atoms in total. The lowest BCUT2D eigenvalue weighted by Crippen LogP contribution is -2.14. The topological polar surface area (TPSA) is 71.3 Å². The molecule has 0 unspecified atom stereocenters. The van der Waals surface area contributed by atoms with Gasteiger partial charge in [-0.05, 0) is 55.3 Å². The average molecular weight is 336 g/mol. The summed E-state index contributed by atoms with van der Waals surface area (Å²) in [5, 5.41) is 12.1. The van der Waals surface area contributed by atoms with Crippen LogP contribution in [0.1, 0.15) is 18.1 Å². The third-order valence-corrected chi connectivity index (χ3v) is 3.45. The first kappa shape index (κ1) is 18.1. The largest absolute Gasteiger partial charge is 0.495 e. The number of nitrogens with one attached hydrogen (secondary N) is 1. The van der Waals surface area contributed by atoms with Crippen LogP contribution in [0.5, 0.6) is 11.5 Å². The van der Waals surface area contributed by atoms with E-state index in [0.717, 1.165) is 5.56 Å². The van der Waals surface area contributed by atoms with Gasteiger partial charge in [0, 0.05) is 0 Å². The summed E-state index contributed by atoms with van der Waals surface area (Å²) in [6.07, 6.45) is 1.53. The van der Waals surface area contributed by atoms with Crippen molar-refractivity contribution in [1.82, 2.24) is 0 Å². The minimum Gasteiger partial charge on any atom is -0.495 e. The number of rotatable bonds is 6. The van der Waals surface area contributed by atoms with Crippen LogP contribution in [0.25, 0.3) is 6.08 Å². The normalized spacial score (nSPS) is 10.7. The van der Waals surface area contributed by atoms with Gasteiger partial charge in [0.2, 0.25) is 0 Å². The van der Waals surface area contributed by atoms with Gasteiger partial charge in [-0.1, -0.05) is 18.2 Å². The number of hydrogen-bond acceptors (Lipinski definition) is 4. The van der Waals surface area contributed by atoms with Crippen molar-refractivity contribution in [3.63, 3.8) is 0 Å². The SMILES string of the molecule is CCOc1cccc(/C=C(\C#N)C(=O)Nc2cc(C)ccc2OC)c1. The van der Waals surface area contributed by atoms with Crippen LogP contribution in [0, 0.1) is 18.3 Å². The molecule has 0 fully saturated rings. The number of aryl methyl sites for hydroxylation is 1. The molecule has 0 aliphatic rings. The average Bonchev–Trinajstić information content (AvgIpc) is 2.60. The van der Waals surface area contributed by atoms with E-state index in [1.165, 1.54) is 13.2 Å². The summed E-state index contributed by atoms with van der Waals surface area (Å²) in [4.78, 5) is 12.4. The van der Waals surface area contributed by atoms with Gasteiger partial charge in [0.05, 0.1) is 19.4 Å². The Kier molecular flexibility index (Phi) is 6.19. The number of nitrogens with zero attached hydrogens (tertiary/aromatic N) is 1. The van der Waals surface area contributed by atoms with E-state index in [-0.39, 0.29) is 5.57 Å². The van der Waals surface area contributed by atoms with Gasteiger partial charge in [0.1, 0.15) is 23.1 Å². The number of carbonyl (C=O) groups excluding carboxylic acids is 1. The van der Waals surface area contributed by atoms with Crippen LogP contribution >= 0.6 is 0 Å².